The van der Waals surface area contributed by atoms with Crippen molar-refractivity contribution >= 4 is 5.91 Å². The van der Waals surface area contributed by atoms with Crippen LogP contribution in [0.5, 0.6) is 0 Å². The Balaban J connectivity index is 2.81. The maximum Gasteiger partial charge on any atom is 0.223 e. The van der Waals surface area contributed by atoms with Crippen molar-refractivity contribution in [1.82, 2.24) is 4.90 Å². The molecule has 70 valence electrons. The molecule has 0 radical (unpaired) electrons. The minimum Gasteiger partial charge on any atom is -0.337 e. The summed E-state index contributed by atoms with van der Waals surface area (Å²) >= 11 is 0. The predicted octanol–water partition coefficient (Wildman–Crippen LogP) is 2.19. The van der Waals surface area contributed by atoms with E-state index in [4.69, 9.17) is 0 Å². The van der Waals surface area contributed by atoms with Gasteiger partial charge < -0.3 is 4.90 Å². The predicted molar refractivity (Wildman–Crippen MR) is 49.9 cm³/mol. The maximum absolute atomic E-state index is 11.5. The average molecular weight is 169 g/mol. The SMILES string of the molecule is CCN1C(=O)CCC1(CC)CC. The Morgan fingerprint density at radius 3 is 2.25 bits per heavy atom. The molecule has 0 aliphatic carbocycles. The van der Waals surface area contributed by atoms with Crippen molar-refractivity contribution < 1.29 is 4.79 Å². The molecule has 1 saturated heterocycles. The van der Waals surface area contributed by atoms with Crippen molar-refractivity contribution in [3.05, 3.63) is 0 Å². The summed E-state index contributed by atoms with van der Waals surface area (Å²) in [5.74, 6) is 0.348. The van der Waals surface area contributed by atoms with Crippen LogP contribution in [0.25, 0.3) is 0 Å². The van der Waals surface area contributed by atoms with Crippen LogP contribution in [0.1, 0.15) is 46.5 Å². The molecule has 0 aromatic rings. The van der Waals surface area contributed by atoms with Crippen LogP contribution in [-0.2, 0) is 4.79 Å². The normalized spacial score (nSPS) is 21.9. The minimum atomic E-state index is 0.200. The van der Waals surface area contributed by atoms with Crippen LogP contribution in [0.4, 0.5) is 0 Å². The second kappa shape index (κ2) is 3.46. The summed E-state index contributed by atoms with van der Waals surface area (Å²) < 4.78 is 0. The molecule has 1 heterocycles. The van der Waals surface area contributed by atoms with E-state index in [1.54, 1.807) is 0 Å². The van der Waals surface area contributed by atoms with Gasteiger partial charge in [0.15, 0.2) is 0 Å². The molecule has 0 bridgehead atoms. The van der Waals surface area contributed by atoms with Gasteiger partial charge in [-0.2, -0.15) is 0 Å². The van der Waals surface area contributed by atoms with Crippen molar-refractivity contribution in [3.8, 4) is 0 Å². The highest BCUT2D eigenvalue weighted by atomic mass is 16.2. The molecule has 0 atom stereocenters. The number of carbonyl (C=O) groups is 1. The van der Waals surface area contributed by atoms with E-state index in [-0.39, 0.29) is 5.54 Å². The van der Waals surface area contributed by atoms with Crippen molar-refractivity contribution in [2.45, 2.75) is 52.0 Å². The van der Waals surface area contributed by atoms with Crippen LogP contribution >= 0.6 is 0 Å². The zero-order chi connectivity index (χ0) is 9.19. The molecule has 0 aromatic carbocycles. The van der Waals surface area contributed by atoms with Crippen LogP contribution in [0.15, 0.2) is 0 Å². The lowest BCUT2D eigenvalue weighted by atomic mass is 9.90. The van der Waals surface area contributed by atoms with Gasteiger partial charge in [-0.3, -0.25) is 4.79 Å². The van der Waals surface area contributed by atoms with Crippen LogP contribution in [0.3, 0.4) is 0 Å². The van der Waals surface area contributed by atoms with E-state index in [0.29, 0.717) is 5.91 Å². The largest absolute Gasteiger partial charge is 0.337 e. The number of amides is 1. The molecule has 2 nitrogen and oxygen atoms in total. The molecular formula is C10H19NO. The fourth-order valence-corrected chi connectivity index (χ4v) is 2.37. The van der Waals surface area contributed by atoms with Gasteiger partial charge in [-0.25, -0.2) is 0 Å². The van der Waals surface area contributed by atoms with Gasteiger partial charge in [0.05, 0.1) is 0 Å². The molecule has 1 aliphatic heterocycles. The highest BCUT2D eigenvalue weighted by Crippen LogP contribution is 2.35. The first-order chi connectivity index (χ1) is 5.70. The maximum atomic E-state index is 11.5. The van der Waals surface area contributed by atoms with Gasteiger partial charge >= 0.3 is 0 Å². The van der Waals surface area contributed by atoms with Gasteiger partial charge in [0, 0.05) is 18.5 Å². The zero-order valence-electron chi connectivity index (χ0n) is 8.39. The molecular weight excluding hydrogens is 150 g/mol. The third kappa shape index (κ3) is 1.23. The Morgan fingerprint density at radius 1 is 1.33 bits per heavy atom. The summed E-state index contributed by atoms with van der Waals surface area (Å²) in [6.07, 6.45) is 4.02. The number of hydrogen-bond acceptors (Lipinski definition) is 1. The van der Waals surface area contributed by atoms with Gasteiger partial charge in [0.1, 0.15) is 0 Å². The highest BCUT2D eigenvalue weighted by Gasteiger charge is 2.41. The highest BCUT2D eigenvalue weighted by molar-refractivity contribution is 5.79. The first kappa shape index (κ1) is 9.56. The van der Waals surface area contributed by atoms with Gasteiger partial charge in [-0.05, 0) is 26.2 Å². The number of nitrogens with zero attached hydrogens (tertiary/aromatic N) is 1. The van der Waals surface area contributed by atoms with Crippen molar-refractivity contribution in [2.24, 2.45) is 0 Å². The van der Waals surface area contributed by atoms with Crippen LogP contribution in [0, 0.1) is 0 Å². The zero-order valence-corrected chi connectivity index (χ0v) is 8.39. The summed E-state index contributed by atoms with van der Waals surface area (Å²) in [4.78, 5) is 13.5. The molecule has 1 amide bonds. The Hall–Kier alpha value is -0.530. The molecule has 1 rings (SSSR count). The first-order valence-electron chi connectivity index (χ1n) is 5.00. The summed E-state index contributed by atoms with van der Waals surface area (Å²) in [5.41, 5.74) is 0.200. The molecule has 0 N–H and O–H groups in total. The monoisotopic (exact) mass is 169 g/mol. The minimum absolute atomic E-state index is 0.200. The fraction of sp³-hybridized carbons (Fsp3) is 0.900. The third-order valence-electron chi connectivity index (χ3n) is 3.31. The van der Waals surface area contributed by atoms with Crippen molar-refractivity contribution in [1.29, 1.82) is 0 Å². The summed E-state index contributed by atoms with van der Waals surface area (Å²) in [7, 11) is 0. The smallest absolute Gasteiger partial charge is 0.223 e. The average Bonchev–Trinajstić information content (AvgIpc) is 2.43. The molecule has 0 aromatic heterocycles. The second-order valence-electron chi connectivity index (χ2n) is 3.57. The Labute approximate surface area is 74.9 Å². The van der Waals surface area contributed by atoms with Crippen LogP contribution < -0.4 is 0 Å². The lowest BCUT2D eigenvalue weighted by molar-refractivity contribution is -0.131. The van der Waals surface area contributed by atoms with E-state index >= 15 is 0 Å². The summed E-state index contributed by atoms with van der Waals surface area (Å²) in [6.45, 7) is 7.32. The number of rotatable bonds is 3. The van der Waals surface area contributed by atoms with Crippen LogP contribution in [-0.4, -0.2) is 22.9 Å². The van der Waals surface area contributed by atoms with Gasteiger partial charge in [0.2, 0.25) is 5.91 Å². The van der Waals surface area contributed by atoms with Crippen molar-refractivity contribution in [2.75, 3.05) is 6.54 Å². The van der Waals surface area contributed by atoms with Gasteiger partial charge in [-0.1, -0.05) is 13.8 Å². The number of likely N-dealkylation sites (tertiary alicyclic amines) is 1. The van der Waals surface area contributed by atoms with Crippen molar-refractivity contribution in [3.63, 3.8) is 0 Å². The molecule has 2 heteroatoms. The Bertz CT molecular complexity index is 173. The summed E-state index contributed by atoms with van der Waals surface area (Å²) in [5, 5.41) is 0. The molecule has 0 saturated carbocycles. The topological polar surface area (TPSA) is 20.3 Å². The Morgan fingerprint density at radius 2 is 1.92 bits per heavy atom. The molecule has 1 fully saturated rings. The molecule has 0 spiro atoms. The third-order valence-corrected chi connectivity index (χ3v) is 3.31. The first-order valence-corrected chi connectivity index (χ1v) is 5.00. The lowest BCUT2D eigenvalue weighted by Crippen LogP contribution is -2.44. The standard InChI is InChI=1S/C10H19NO/c1-4-10(5-2)8-7-9(12)11(10)6-3/h4-8H2,1-3H3. The fourth-order valence-electron chi connectivity index (χ4n) is 2.37. The molecule has 0 unspecified atom stereocenters. The molecule has 12 heavy (non-hydrogen) atoms. The van der Waals surface area contributed by atoms with E-state index in [1.807, 2.05) is 0 Å². The van der Waals surface area contributed by atoms with Gasteiger partial charge in [-0.15, -0.1) is 0 Å². The second-order valence-corrected chi connectivity index (χ2v) is 3.57. The van der Waals surface area contributed by atoms with E-state index in [2.05, 4.69) is 25.7 Å². The van der Waals surface area contributed by atoms with Crippen LogP contribution in [0.2, 0.25) is 0 Å². The quantitative estimate of drug-likeness (QED) is 0.634. The van der Waals surface area contributed by atoms with E-state index in [9.17, 15) is 4.79 Å². The number of hydrogen-bond donors (Lipinski definition) is 0. The van der Waals surface area contributed by atoms with Gasteiger partial charge in [0.25, 0.3) is 0 Å². The van der Waals surface area contributed by atoms with E-state index < -0.39 is 0 Å². The van der Waals surface area contributed by atoms with E-state index in [0.717, 1.165) is 32.2 Å². The number of carbonyl (C=O) groups excluding carboxylic acids is 1. The van der Waals surface area contributed by atoms with E-state index in [1.165, 1.54) is 0 Å². The lowest BCUT2D eigenvalue weighted by Gasteiger charge is -2.36. The summed E-state index contributed by atoms with van der Waals surface area (Å²) in [6, 6.07) is 0. The molecule has 1 aliphatic rings. The Kier molecular flexibility index (Phi) is 2.76.